The molecular weight excluding hydrogens is 384 g/mol. The number of nitriles is 1. The van der Waals surface area contributed by atoms with Crippen LogP contribution in [0.5, 0.6) is 0 Å². The number of anilines is 2. The van der Waals surface area contributed by atoms with Gasteiger partial charge in [-0.1, -0.05) is 29.8 Å². The highest BCUT2D eigenvalue weighted by Gasteiger charge is 2.48. The SMILES string of the molecule is Cn1c(=O)c(C#N)c(N2CCC3(CN(c4ccc(Cl)cc4)C3)C2)c2ccccc21. The van der Waals surface area contributed by atoms with E-state index in [0.717, 1.165) is 54.2 Å². The second-order valence-corrected chi connectivity index (χ2v) is 8.66. The topological polar surface area (TPSA) is 52.3 Å². The molecule has 0 saturated carbocycles. The predicted octanol–water partition coefficient (Wildman–Crippen LogP) is 3.78. The zero-order chi connectivity index (χ0) is 20.2. The maximum atomic E-state index is 12.8. The van der Waals surface area contributed by atoms with Gasteiger partial charge in [-0.2, -0.15) is 5.26 Å². The van der Waals surface area contributed by atoms with Crippen LogP contribution >= 0.6 is 11.6 Å². The third-order valence-electron chi connectivity index (χ3n) is 6.39. The number of benzene rings is 2. The van der Waals surface area contributed by atoms with Crippen LogP contribution in [-0.2, 0) is 7.05 Å². The van der Waals surface area contributed by atoms with Crippen molar-refractivity contribution in [3.8, 4) is 6.07 Å². The van der Waals surface area contributed by atoms with Gasteiger partial charge < -0.3 is 14.4 Å². The molecular formula is C23H21ClN4O. The highest BCUT2D eigenvalue weighted by atomic mass is 35.5. The number of para-hydroxylation sites is 1. The number of hydrogen-bond donors (Lipinski definition) is 0. The molecule has 5 nitrogen and oxygen atoms in total. The van der Waals surface area contributed by atoms with Gasteiger partial charge in [-0.25, -0.2) is 0 Å². The minimum absolute atomic E-state index is 0.203. The van der Waals surface area contributed by atoms with Crippen molar-refractivity contribution in [1.29, 1.82) is 5.26 Å². The minimum atomic E-state index is -0.224. The molecule has 2 aliphatic heterocycles. The molecule has 2 aliphatic rings. The summed E-state index contributed by atoms with van der Waals surface area (Å²) in [4.78, 5) is 17.4. The van der Waals surface area contributed by atoms with Crippen LogP contribution in [0.2, 0.25) is 5.02 Å². The van der Waals surface area contributed by atoms with E-state index in [0.29, 0.717) is 0 Å². The van der Waals surface area contributed by atoms with Crippen LogP contribution in [0, 0.1) is 16.7 Å². The Morgan fingerprint density at radius 3 is 2.45 bits per heavy atom. The van der Waals surface area contributed by atoms with Crippen molar-refractivity contribution in [2.45, 2.75) is 6.42 Å². The van der Waals surface area contributed by atoms with Crippen molar-refractivity contribution in [3.05, 3.63) is 69.5 Å². The molecule has 0 N–H and O–H groups in total. The van der Waals surface area contributed by atoms with E-state index in [1.807, 2.05) is 36.4 Å². The van der Waals surface area contributed by atoms with Crippen LogP contribution in [0.15, 0.2) is 53.3 Å². The molecule has 146 valence electrons. The monoisotopic (exact) mass is 404 g/mol. The zero-order valence-electron chi connectivity index (χ0n) is 16.2. The van der Waals surface area contributed by atoms with E-state index in [2.05, 4.69) is 28.0 Å². The Labute approximate surface area is 174 Å². The number of halogens is 1. The van der Waals surface area contributed by atoms with Gasteiger partial charge in [-0.15, -0.1) is 0 Å². The first-order chi connectivity index (χ1) is 14.0. The summed E-state index contributed by atoms with van der Waals surface area (Å²) >= 11 is 6.01. The van der Waals surface area contributed by atoms with Crippen molar-refractivity contribution < 1.29 is 0 Å². The highest BCUT2D eigenvalue weighted by Crippen LogP contribution is 2.44. The van der Waals surface area contributed by atoms with Crippen LogP contribution in [0.4, 0.5) is 11.4 Å². The number of hydrogen-bond acceptors (Lipinski definition) is 4. The number of nitrogens with zero attached hydrogens (tertiary/aromatic N) is 4. The van der Waals surface area contributed by atoms with Gasteiger partial charge >= 0.3 is 0 Å². The predicted molar refractivity (Wildman–Crippen MR) is 117 cm³/mol. The van der Waals surface area contributed by atoms with Crippen molar-refractivity contribution in [2.24, 2.45) is 12.5 Å². The van der Waals surface area contributed by atoms with E-state index in [9.17, 15) is 10.1 Å². The van der Waals surface area contributed by atoms with Crippen molar-refractivity contribution >= 4 is 33.9 Å². The van der Waals surface area contributed by atoms with Gasteiger partial charge in [-0.05, 0) is 36.8 Å². The molecule has 6 heteroatoms. The Kier molecular flexibility index (Phi) is 4.07. The lowest BCUT2D eigenvalue weighted by Gasteiger charge is -2.49. The average molecular weight is 405 g/mol. The Balaban J connectivity index is 1.46. The first-order valence-electron chi connectivity index (χ1n) is 9.79. The van der Waals surface area contributed by atoms with Gasteiger partial charge in [0.1, 0.15) is 11.6 Å². The summed E-state index contributed by atoms with van der Waals surface area (Å²) in [5, 5.41) is 11.5. The van der Waals surface area contributed by atoms with Crippen LogP contribution < -0.4 is 15.4 Å². The summed E-state index contributed by atoms with van der Waals surface area (Å²) in [6.07, 6.45) is 1.06. The Bertz CT molecular complexity index is 1200. The lowest BCUT2D eigenvalue weighted by molar-refractivity contribution is 0.246. The maximum absolute atomic E-state index is 12.8. The van der Waals surface area contributed by atoms with E-state index in [4.69, 9.17) is 11.6 Å². The highest BCUT2D eigenvalue weighted by molar-refractivity contribution is 6.30. The van der Waals surface area contributed by atoms with Gasteiger partial charge in [0.05, 0.1) is 11.2 Å². The molecule has 3 aromatic rings. The number of rotatable bonds is 2. The molecule has 2 aromatic carbocycles. The number of fused-ring (bicyclic) bond motifs is 1. The van der Waals surface area contributed by atoms with Gasteiger partial charge in [0.2, 0.25) is 0 Å². The number of aromatic nitrogens is 1. The first kappa shape index (κ1) is 18.1. The maximum Gasteiger partial charge on any atom is 0.270 e. The molecule has 2 saturated heterocycles. The molecule has 0 radical (unpaired) electrons. The van der Waals surface area contributed by atoms with Crippen LogP contribution in [0.3, 0.4) is 0 Å². The van der Waals surface area contributed by atoms with Crippen LogP contribution in [-0.4, -0.2) is 30.7 Å². The molecule has 1 aromatic heterocycles. The Morgan fingerprint density at radius 1 is 1.03 bits per heavy atom. The standard InChI is InChI=1S/C23H21ClN4O/c1-26-20-5-3-2-4-18(20)21(19(12-25)22(26)29)27-11-10-23(13-27)14-28(15-23)17-8-6-16(24)7-9-17/h2-9H,10-11,13-15H2,1H3. The molecule has 0 bridgehead atoms. The van der Waals surface area contributed by atoms with Gasteiger partial charge in [-0.3, -0.25) is 4.79 Å². The fourth-order valence-corrected chi connectivity index (χ4v) is 5.02. The molecule has 0 unspecified atom stereocenters. The lowest BCUT2D eigenvalue weighted by Crippen LogP contribution is -2.57. The summed E-state index contributed by atoms with van der Waals surface area (Å²) in [5.41, 5.74) is 3.08. The van der Waals surface area contributed by atoms with Crippen LogP contribution in [0.1, 0.15) is 12.0 Å². The van der Waals surface area contributed by atoms with Gasteiger partial charge in [0.15, 0.2) is 0 Å². The van der Waals surface area contributed by atoms with E-state index in [-0.39, 0.29) is 16.5 Å². The van der Waals surface area contributed by atoms with Gasteiger partial charge in [0.25, 0.3) is 5.56 Å². The normalized spacial score (nSPS) is 17.6. The minimum Gasteiger partial charge on any atom is -0.370 e. The third kappa shape index (κ3) is 2.79. The molecule has 1 spiro atoms. The van der Waals surface area contributed by atoms with Crippen LogP contribution in [0.25, 0.3) is 10.9 Å². The summed E-state index contributed by atoms with van der Waals surface area (Å²) in [6, 6.07) is 18.0. The molecule has 0 atom stereocenters. The Hall–Kier alpha value is -2.97. The van der Waals surface area contributed by atoms with Crippen molar-refractivity contribution in [1.82, 2.24) is 4.57 Å². The molecule has 5 rings (SSSR count). The lowest BCUT2D eigenvalue weighted by atomic mass is 9.78. The van der Waals surface area contributed by atoms with Gasteiger partial charge in [0, 0.05) is 54.7 Å². The second kappa shape index (κ2) is 6.53. The van der Waals surface area contributed by atoms with E-state index < -0.39 is 0 Å². The Morgan fingerprint density at radius 2 is 1.72 bits per heavy atom. The summed E-state index contributed by atoms with van der Waals surface area (Å²) < 4.78 is 1.58. The quantitative estimate of drug-likeness (QED) is 0.652. The van der Waals surface area contributed by atoms with E-state index >= 15 is 0 Å². The smallest absolute Gasteiger partial charge is 0.270 e. The molecule has 29 heavy (non-hydrogen) atoms. The number of aryl methyl sites for hydroxylation is 1. The van der Waals surface area contributed by atoms with Crippen molar-refractivity contribution in [2.75, 3.05) is 36.0 Å². The average Bonchev–Trinajstić information content (AvgIpc) is 3.15. The second-order valence-electron chi connectivity index (χ2n) is 8.22. The molecule has 0 amide bonds. The zero-order valence-corrected chi connectivity index (χ0v) is 17.0. The summed E-state index contributed by atoms with van der Waals surface area (Å²) in [5.74, 6) is 0. The molecule has 0 aliphatic carbocycles. The third-order valence-corrected chi connectivity index (χ3v) is 6.64. The number of pyridine rings is 1. The fraction of sp³-hybridized carbons (Fsp3) is 0.304. The van der Waals surface area contributed by atoms with Crippen molar-refractivity contribution in [3.63, 3.8) is 0 Å². The van der Waals surface area contributed by atoms with E-state index in [1.165, 1.54) is 5.69 Å². The first-order valence-corrected chi connectivity index (χ1v) is 10.2. The summed E-state index contributed by atoms with van der Waals surface area (Å²) in [7, 11) is 1.73. The molecule has 3 heterocycles. The van der Waals surface area contributed by atoms with E-state index in [1.54, 1.807) is 11.6 Å². The summed E-state index contributed by atoms with van der Waals surface area (Å²) in [6.45, 7) is 3.69. The molecule has 2 fully saturated rings. The largest absolute Gasteiger partial charge is 0.370 e. The fourth-order valence-electron chi connectivity index (χ4n) is 4.89.